The molecule has 0 aliphatic carbocycles. The van der Waals surface area contributed by atoms with Gasteiger partial charge in [0, 0.05) is 6.42 Å². The highest BCUT2D eigenvalue weighted by Gasteiger charge is 1.94. The van der Waals surface area contributed by atoms with Crippen molar-refractivity contribution in [1.29, 1.82) is 0 Å². The highest BCUT2D eigenvalue weighted by atomic mass is 16.4. The van der Waals surface area contributed by atoms with Crippen LogP contribution < -0.4 is 0 Å². The normalized spacial score (nSPS) is 10.5. The van der Waals surface area contributed by atoms with Crippen molar-refractivity contribution in [1.82, 2.24) is 0 Å². The summed E-state index contributed by atoms with van der Waals surface area (Å²) in [5.74, 6) is -0.670. The topological polar surface area (TPSA) is 57.5 Å². The average Bonchev–Trinajstić information content (AvgIpc) is 2.40. The molecule has 0 rings (SSSR count). The lowest BCUT2D eigenvalue weighted by Crippen LogP contribution is -1.95. The minimum atomic E-state index is -0.670. The van der Waals surface area contributed by atoms with Crippen LogP contribution in [0.5, 0.6) is 0 Å². The van der Waals surface area contributed by atoms with Crippen LogP contribution in [0, 0.1) is 0 Å². The average molecular weight is 302 g/mol. The summed E-state index contributed by atoms with van der Waals surface area (Å²) >= 11 is 0. The van der Waals surface area contributed by atoms with Crippen LogP contribution in [-0.4, -0.2) is 22.3 Å². The smallest absolute Gasteiger partial charge is 0.303 e. The molecule has 0 radical (unpaired) electrons. The maximum atomic E-state index is 10.0. The van der Waals surface area contributed by atoms with E-state index in [1.807, 2.05) is 13.0 Å². The van der Waals surface area contributed by atoms with Gasteiger partial charge in [0.25, 0.3) is 0 Å². The Labute approximate surface area is 132 Å². The lowest BCUT2D eigenvalue weighted by Gasteiger charge is -1.95. The molecule has 1 atom stereocenters. The number of hydrogen-bond donors (Lipinski definition) is 2. The van der Waals surface area contributed by atoms with Gasteiger partial charge in [-0.2, -0.15) is 0 Å². The van der Waals surface area contributed by atoms with Crippen molar-refractivity contribution in [3.63, 3.8) is 0 Å². The lowest BCUT2D eigenvalue weighted by atomic mass is 10.1. The van der Waals surface area contributed by atoms with E-state index < -0.39 is 5.97 Å². The van der Waals surface area contributed by atoms with Crippen molar-refractivity contribution >= 4 is 5.97 Å². The van der Waals surface area contributed by atoms with Crippen molar-refractivity contribution in [2.45, 2.75) is 98.0 Å². The van der Waals surface area contributed by atoms with E-state index in [0.717, 1.165) is 32.1 Å². The first-order chi connectivity index (χ1) is 9.95. The monoisotopic (exact) mass is 302 g/mol. The van der Waals surface area contributed by atoms with E-state index in [9.17, 15) is 4.79 Å². The van der Waals surface area contributed by atoms with Crippen LogP contribution in [0.25, 0.3) is 0 Å². The molecular formula is C18H38O3. The number of carboxylic acids is 1. The minimum absolute atomic E-state index is 0.102. The van der Waals surface area contributed by atoms with Crippen LogP contribution >= 0.6 is 0 Å². The first kappa shape index (κ1) is 25.1. The Hall–Kier alpha value is -0.830. The van der Waals surface area contributed by atoms with Crippen molar-refractivity contribution in [2.75, 3.05) is 0 Å². The van der Waals surface area contributed by atoms with Crippen molar-refractivity contribution in [3.05, 3.63) is 12.7 Å². The largest absolute Gasteiger partial charge is 0.481 e. The Morgan fingerprint density at radius 1 is 1.05 bits per heavy atom. The predicted molar refractivity (Wildman–Crippen MR) is 92.7 cm³/mol. The third-order valence-electron chi connectivity index (χ3n) is 2.69. The third-order valence-corrected chi connectivity index (χ3v) is 2.69. The van der Waals surface area contributed by atoms with Crippen LogP contribution in [0.1, 0.15) is 91.9 Å². The predicted octanol–water partition coefficient (Wildman–Crippen LogP) is 5.57. The first-order valence-electron chi connectivity index (χ1n) is 8.46. The van der Waals surface area contributed by atoms with Gasteiger partial charge in [-0.1, -0.05) is 65.4 Å². The molecule has 0 aromatic rings. The van der Waals surface area contributed by atoms with E-state index in [2.05, 4.69) is 27.4 Å². The molecule has 3 heteroatoms. The van der Waals surface area contributed by atoms with Gasteiger partial charge in [0.1, 0.15) is 0 Å². The number of rotatable bonds is 10. The van der Waals surface area contributed by atoms with Crippen molar-refractivity contribution in [2.24, 2.45) is 0 Å². The molecule has 1 unspecified atom stereocenters. The molecule has 0 fully saturated rings. The zero-order valence-electron chi connectivity index (χ0n) is 14.7. The van der Waals surface area contributed by atoms with Gasteiger partial charge in [-0.3, -0.25) is 4.79 Å². The first-order valence-corrected chi connectivity index (χ1v) is 8.46. The standard InChI is InChI=1S/C8H16O2.C5H12O.C5H10/c1-2-3-4-5-6-7-8(9)10;1-3-4-5(2)6;1-3-5-4-2/h2-7H2,1H3,(H,9,10);5-6H,3-4H2,1-2H3;3H,1,4-5H2,2H3. The molecule has 0 heterocycles. The molecule has 0 bridgehead atoms. The van der Waals surface area contributed by atoms with Crippen molar-refractivity contribution < 1.29 is 15.0 Å². The second-order valence-corrected chi connectivity index (χ2v) is 5.27. The zero-order chi connectivity index (χ0) is 16.9. The number of allylic oxidation sites excluding steroid dienone is 1. The number of carbonyl (C=O) groups is 1. The summed E-state index contributed by atoms with van der Waals surface area (Å²) in [7, 11) is 0. The highest BCUT2D eigenvalue weighted by molar-refractivity contribution is 5.66. The molecule has 0 aliphatic heterocycles. The summed E-state index contributed by atoms with van der Waals surface area (Å²) in [6.07, 6.45) is 12.1. The molecule has 0 spiro atoms. The molecule has 128 valence electrons. The Kier molecular flexibility index (Phi) is 29.0. The number of aliphatic hydroxyl groups is 1. The molecule has 0 aliphatic rings. The SMILES string of the molecule is C=CCCC.CCCC(C)O.CCCCCCCC(=O)O. The Bertz CT molecular complexity index is 201. The fraction of sp³-hybridized carbons (Fsp3) is 0.833. The minimum Gasteiger partial charge on any atom is -0.481 e. The van der Waals surface area contributed by atoms with Crippen LogP contribution in [0.3, 0.4) is 0 Å². The van der Waals surface area contributed by atoms with E-state index in [1.165, 1.54) is 25.7 Å². The maximum Gasteiger partial charge on any atom is 0.303 e. The van der Waals surface area contributed by atoms with Gasteiger partial charge in [0.15, 0.2) is 0 Å². The van der Waals surface area contributed by atoms with Gasteiger partial charge in [0.2, 0.25) is 0 Å². The summed E-state index contributed by atoms with van der Waals surface area (Å²) in [6, 6.07) is 0. The number of unbranched alkanes of at least 4 members (excludes halogenated alkanes) is 5. The molecule has 0 aromatic heterocycles. The molecule has 3 nitrogen and oxygen atoms in total. The number of hydrogen-bond acceptors (Lipinski definition) is 2. The molecule has 0 amide bonds. The Balaban J connectivity index is -0.000000252. The Morgan fingerprint density at radius 2 is 1.62 bits per heavy atom. The summed E-state index contributed by atoms with van der Waals surface area (Å²) in [5, 5.41) is 16.8. The van der Waals surface area contributed by atoms with Gasteiger partial charge >= 0.3 is 5.97 Å². The zero-order valence-corrected chi connectivity index (χ0v) is 14.7. The number of carboxylic acid groups (broad SMARTS) is 1. The second kappa shape index (κ2) is 24.2. The Morgan fingerprint density at radius 3 is 1.86 bits per heavy atom. The van der Waals surface area contributed by atoms with E-state index >= 15 is 0 Å². The molecular weight excluding hydrogens is 264 g/mol. The summed E-state index contributed by atoms with van der Waals surface area (Å²) in [5.41, 5.74) is 0. The van der Waals surface area contributed by atoms with Crippen LogP contribution in [0.15, 0.2) is 12.7 Å². The van der Waals surface area contributed by atoms with Crippen LogP contribution in [0.2, 0.25) is 0 Å². The lowest BCUT2D eigenvalue weighted by molar-refractivity contribution is -0.137. The van der Waals surface area contributed by atoms with Gasteiger partial charge in [-0.15, -0.1) is 6.58 Å². The maximum absolute atomic E-state index is 10.0. The van der Waals surface area contributed by atoms with Gasteiger partial charge < -0.3 is 10.2 Å². The summed E-state index contributed by atoms with van der Waals surface area (Å²) in [4.78, 5) is 10.0. The molecule has 0 saturated carbocycles. The van der Waals surface area contributed by atoms with Gasteiger partial charge in [0.05, 0.1) is 6.10 Å². The number of aliphatic carboxylic acids is 1. The quantitative estimate of drug-likeness (QED) is 0.409. The van der Waals surface area contributed by atoms with Crippen LogP contribution in [0.4, 0.5) is 0 Å². The van der Waals surface area contributed by atoms with Gasteiger partial charge in [-0.25, -0.2) is 0 Å². The number of aliphatic hydroxyl groups excluding tert-OH is 1. The summed E-state index contributed by atoms with van der Waals surface area (Å²) in [6.45, 7) is 11.7. The van der Waals surface area contributed by atoms with E-state index in [1.54, 1.807) is 0 Å². The molecule has 0 saturated heterocycles. The third kappa shape index (κ3) is 45.3. The van der Waals surface area contributed by atoms with Gasteiger partial charge in [-0.05, 0) is 26.2 Å². The fourth-order valence-corrected chi connectivity index (χ4v) is 1.50. The highest BCUT2D eigenvalue weighted by Crippen LogP contribution is 2.04. The second-order valence-electron chi connectivity index (χ2n) is 5.27. The van der Waals surface area contributed by atoms with E-state index in [4.69, 9.17) is 10.2 Å². The van der Waals surface area contributed by atoms with Crippen molar-refractivity contribution in [3.8, 4) is 0 Å². The molecule has 21 heavy (non-hydrogen) atoms. The molecule has 2 N–H and O–H groups in total. The van der Waals surface area contributed by atoms with Crippen LogP contribution in [-0.2, 0) is 4.79 Å². The summed E-state index contributed by atoms with van der Waals surface area (Å²) < 4.78 is 0. The molecule has 0 aromatic carbocycles. The van der Waals surface area contributed by atoms with E-state index in [-0.39, 0.29) is 6.10 Å². The fourth-order valence-electron chi connectivity index (χ4n) is 1.50. The van der Waals surface area contributed by atoms with E-state index in [0.29, 0.717) is 6.42 Å².